The molecule has 1 aliphatic rings. The smallest absolute Gasteiger partial charge is 0.0466 e. The van der Waals surface area contributed by atoms with Crippen LogP contribution >= 0.6 is 0 Å². The summed E-state index contributed by atoms with van der Waals surface area (Å²) in [5.41, 5.74) is 0. The van der Waals surface area contributed by atoms with Crippen molar-refractivity contribution in [2.45, 2.75) is 19.3 Å². The molecular formula is C5H10ORh. The molecule has 1 saturated heterocycles. The summed E-state index contributed by atoms with van der Waals surface area (Å²) in [5, 5.41) is 0. The largest absolute Gasteiger partial charge is 0.381 e. The van der Waals surface area contributed by atoms with Crippen molar-refractivity contribution in [1.82, 2.24) is 0 Å². The van der Waals surface area contributed by atoms with Crippen LogP contribution in [0.4, 0.5) is 0 Å². The van der Waals surface area contributed by atoms with E-state index < -0.39 is 0 Å². The van der Waals surface area contributed by atoms with E-state index in [1.54, 1.807) is 0 Å². The van der Waals surface area contributed by atoms with Crippen LogP contribution in [-0.4, -0.2) is 13.2 Å². The van der Waals surface area contributed by atoms with Gasteiger partial charge in [-0.1, -0.05) is 0 Å². The molecule has 0 bridgehead atoms. The Hall–Kier alpha value is 0.583. The minimum absolute atomic E-state index is 0. The van der Waals surface area contributed by atoms with Gasteiger partial charge in [-0.15, -0.1) is 0 Å². The number of hydrogen-bond donors (Lipinski definition) is 0. The number of hydrogen-bond acceptors (Lipinski definition) is 1. The van der Waals surface area contributed by atoms with Crippen molar-refractivity contribution < 1.29 is 24.2 Å². The summed E-state index contributed by atoms with van der Waals surface area (Å²) in [4.78, 5) is 0. The van der Waals surface area contributed by atoms with Gasteiger partial charge in [-0.05, 0) is 19.3 Å². The van der Waals surface area contributed by atoms with Crippen molar-refractivity contribution in [2.75, 3.05) is 13.2 Å². The SMILES string of the molecule is C1CCOCC1.[Rh]. The molecule has 1 nitrogen and oxygen atoms in total. The molecule has 45 valence electrons. The quantitative estimate of drug-likeness (QED) is 0.520. The molecular weight excluding hydrogens is 179 g/mol. The van der Waals surface area contributed by atoms with Gasteiger partial charge >= 0.3 is 0 Å². The zero-order valence-electron chi connectivity index (χ0n) is 4.28. The third-order valence-corrected chi connectivity index (χ3v) is 1.08. The van der Waals surface area contributed by atoms with Gasteiger partial charge in [0.15, 0.2) is 0 Å². The number of rotatable bonds is 0. The van der Waals surface area contributed by atoms with Crippen molar-refractivity contribution in [3.8, 4) is 0 Å². The molecule has 1 rings (SSSR count). The molecule has 0 saturated carbocycles. The topological polar surface area (TPSA) is 9.23 Å². The molecule has 0 unspecified atom stereocenters. The average molecular weight is 189 g/mol. The van der Waals surface area contributed by atoms with Crippen LogP contribution in [0.15, 0.2) is 0 Å². The Morgan fingerprint density at radius 1 is 0.857 bits per heavy atom. The van der Waals surface area contributed by atoms with Crippen LogP contribution in [0.25, 0.3) is 0 Å². The molecule has 0 aromatic rings. The fourth-order valence-electron chi connectivity index (χ4n) is 0.687. The summed E-state index contributed by atoms with van der Waals surface area (Å²) in [5.74, 6) is 0. The summed E-state index contributed by atoms with van der Waals surface area (Å²) < 4.78 is 5.07. The average Bonchev–Trinajstić information content (AvgIpc) is 1.72. The Labute approximate surface area is 57.2 Å². The van der Waals surface area contributed by atoms with E-state index in [9.17, 15) is 0 Å². The van der Waals surface area contributed by atoms with E-state index in [-0.39, 0.29) is 19.5 Å². The zero-order valence-corrected chi connectivity index (χ0v) is 5.92. The van der Waals surface area contributed by atoms with Gasteiger partial charge in [0.05, 0.1) is 0 Å². The second-order valence-electron chi connectivity index (χ2n) is 1.67. The van der Waals surface area contributed by atoms with Crippen molar-refractivity contribution >= 4 is 0 Å². The molecule has 2 heteroatoms. The first-order valence-electron chi connectivity index (χ1n) is 2.58. The van der Waals surface area contributed by atoms with Crippen molar-refractivity contribution in [3.05, 3.63) is 0 Å². The fraction of sp³-hybridized carbons (Fsp3) is 1.00. The Balaban J connectivity index is 0.000000360. The van der Waals surface area contributed by atoms with E-state index in [1.165, 1.54) is 19.3 Å². The molecule has 1 heterocycles. The molecule has 1 aliphatic heterocycles. The van der Waals surface area contributed by atoms with E-state index in [0.717, 1.165) is 13.2 Å². The Bertz CT molecular complexity index is 23.6. The Morgan fingerprint density at radius 2 is 1.43 bits per heavy atom. The Kier molecular flexibility index (Phi) is 5.13. The van der Waals surface area contributed by atoms with Gasteiger partial charge in [-0.2, -0.15) is 0 Å². The monoisotopic (exact) mass is 189 g/mol. The van der Waals surface area contributed by atoms with Gasteiger partial charge in [0.25, 0.3) is 0 Å². The van der Waals surface area contributed by atoms with Gasteiger partial charge in [0.2, 0.25) is 0 Å². The minimum Gasteiger partial charge on any atom is -0.381 e. The van der Waals surface area contributed by atoms with Crippen LogP contribution in [-0.2, 0) is 24.2 Å². The third kappa shape index (κ3) is 3.19. The molecule has 1 fully saturated rings. The van der Waals surface area contributed by atoms with E-state index in [4.69, 9.17) is 4.74 Å². The predicted octanol–water partition coefficient (Wildman–Crippen LogP) is 1.18. The zero-order chi connectivity index (χ0) is 4.24. The molecule has 7 heavy (non-hydrogen) atoms. The summed E-state index contributed by atoms with van der Waals surface area (Å²) in [6.07, 6.45) is 3.93. The minimum atomic E-state index is 0. The molecule has 0 aromatic carbocycles. The molecule has 0 amide bonds. The van der Waals surface area contributed by atoms with Crippen LogP contribution in [0.3, 0.4) is 0 Å². The van der Waals surface area contributed by atoms with E-state index >= 15 is 0 Å². The summed E-state index contributed by atoms with van der Waals surface area (Å²) in [6, 6.07) is 0. The molecule has 0 spiro atoms. The van der Waals surface area contributed by atoms with E-state index in [2.05, 4.69) is 0 Å². The van der Waals surface area contributed by atoms with Crippen molar-refractivity contribution in [3.63, 3.8) is 0 Å². The van der Waals surface area contributed by atoms with Gasteiger partial charge in [-0.25, -0.2) is 0 Å². The predicted molar refractivity (Wildman–Crippen MR) is 24.7 cm³/mol. The van der Waals surface area contributed by atoms with Crippen LogP contribution < -0.4 is 0 Å². The van der Waals surface area contributed by atoms with E-state index in [1.807, 2.05) is 0 Å². The standard InChI is InChI=1S/C5H10O.Rh/c1-2-4-6-5-3-1;/h1-5H2;. The molecule has 0 aromatic heterocycles. The molecule has 0 aliphatic carbocycles. The first-order chi connectivity index (χ1) is 3.00. The van der Waals surface area contributed by atoms with Crippen LogP contribution in [0.1, 0.15) is 19.3 Å². The maximum absolute atomic E-state index is 5.07. The molecule has 0 N–H and O–H groups in total. The normalized spacial score (nSPS) is 20.6. The van der Waals surface area contributed by atoms with Gasteiger partial charge in [-0.3, -0.25) is 0 Å². The molecule has 0 atom stereocenters. The maximum atomic E-state index is 5.07. The van der Waals surface area contributed by atoms with Crippen molar-refractivity contribution in [2.24, 2.45) is 0 Å². The third-order valence-electron chi connectivity index (χ3n) is 1.08. The van der Waals surface area contributed by atoms with Gasteiger partial charge in [0, 0.05) is 32.7 Å². The fourth-order valence-corrected chi connectivity index (χ4v) is 0.687. The summed E-state index contributed by atoms with van der Waals surface area (Å²) in [7, 11) is 0. The van der Waals surface area contributed by atoms with Gasteiger partial charge < -0.3 is 4.74 Å². The summed E-state index contributed by atoms with van der Waals surface area (Å²) >= 11 is 0. The van der Waals surface area contributed by atoms with E-state index in [0.29, 0.717) is 0 Å². The Morgan fingerprint density at radius 3 is 1.57 bits per heavy atom. The van der Waals surface area contributed by atoms with Crippen LogP contribution in [0.2, 0.25) is 0 Å². The molecule has 1 radical (unpaired) electrons. The maximum Gasteiger partial charge on any atom is 0.0466 e. The van der Waals surface area contributed by atoms with Crippen LogP contribution in [0.5, 0.6) is 0 Å². The first-order valence-corrected chi connectivity index (χ1v) is 2.58. The second kappa shape index (κ2) is 4.74. The number of ether oxygens (including phenoxy) is 1. The second-order valence-corrected chi connectivity index (χ2v) is 1.67. The first kappa shape index (κ1) is 7.58. The van der Waals surface area contributed by atoms with Crippen LogP contribution in [0, 0.1) is 0 Å². The van der Waals surface area contributed by atoms with Gasteiger partial charge in [0.1, 0.15) is 0 Å². The summed E-state index contributed by atoms with van der Waals surface area (Å²) in [6.45, 7) is 2.00. The van der Waals surface area contributed by atoms with Crippen molar-refractivity contribution in [1.29, 1.82) is 0 Å².